The van der Waals surface area contributed by atoms with Crippen molar-refractivity contribution < 1.29 is 4.74 Å². The molecule has 0 fully saturated rings. The maximum absolute atomic E-state index is 6.61. The molecule has 0 heterocycles. The van der Waals surface area contributed by atoms with Crippen molar-refractivity contribution in [3.05, 3.63) is 0 Å². The van der Waals surface area contributed by atoms with E-state index in [0.717, 1.165) is 0 Å². The predicted molar refractivity (Wildman–Crippen MR) is 95.9 cm³/mol. The lowest BCUT2D eigenvalue weighted by Gasteiger charge is -2.43. The Kier molecular flexibility index (Phi) is 9.85. The van der Waals surface area contributed by atoms with E-state index in [-0.39, 0.29) is 11.2 Å². The van der Waals surface area contributed by atoms with E-state index in [4.69, 9.17) is 4.74 Å². The molecule has 0 radical (unpaired) electrons. The van der Waals surface area contributed by atoms with Gasteiger partial charge in [0.25, 0.3) is 0 Å². The minimum atomic E-state index is -0.0315. The molecule has 1 nitrogen and oxygen atoms in total. The Morgan fingerprint density at radius 2 is 1.00 bits per heavy atom. The van der Waals surface area contributed by atoms with Gasteiger partial charge in [-0.15, -0.1) is 0 Å². The van der Waals surface area contributed by atoms with Crippen molar-refractivity contribution in [1.82, 2.24) is 0 Å². The lowest BCUT2D eigenvalue weighted by molar-refractivity contribution is -0.169. The second kappa shape index (κ2) is 9.87. The topological polar surface area (TPSA) is 9.23 Å². The van der Waals surface area contributed by atoms with Crippen LogP contribution in [0.2, 0.25) is 0 Å². The number of unbranched alkanes of at least 4 members (excludes halogenated alkanes) is 4. The summed E-state index contributed by atoms with van der Waals surface area (Å²) in [5.74, 6) is 1.23. The Bertz CT molecular complexity index is 229. The van der Waals surface area contributed by atoms with Crippen LogP contribution in [0, 0.1) is 11.8 Å². The minimum absolute atomic E-state index is 0.0315. The van der Waals surface area contributed by atoms with Crippen LogP contribution >= 0.6 is 0 Å². The molecule has 0 saturated carbocycles. The first-order valence-corrected chi connectivity index (χ1v) is 9.37. The van der Waals surface area contributed by atoms with Gasteiger partial charge in [0.05, 0.1) is 11.2 Å². The molecule has 0 aliphatic rings. The van der Waals surface area contributed by atoms with Gasteiger partial charge in [0.2, 0.25) is 0 Å². The molecule has 0 aromatic rings. The molecule has 0 saturated heterocycles. The average Bonchev–Trinajstić information content (AvgIpc) is 2.37. The van der Waals surface area contributed by atoms with Crippen molar-refractivity contribution in [1.29, 1.82) is 0 Å². The third-order valence-electron chi connectivity index (χ3n) is 5.38. The molecule has 0 aromatic carbocycles. The van der Waals surface area contributed by atoms with Gasteiger partial charge in [0.15, 0.2) is 0 Å². The van der Waals surface area contributed by atoms with Crippen molar-refractivity contribution in [3.63, 3.8) is 0 Å². The van der Waals surface area contributed by atoms with E-state index >= 15 is 0 Å². The van der Waals surface area contributed by atoms with Crippen LogP contribution in [-0.2, 0) is 4.74 Å². The van der Waals surface area contributed by atoms with Gasteiger partial charge in [-0.05, 0) is 52.4 Å². The third kappa shape index (κ3) is 8.24. The summed E-state index contributed by atoms with van der Waals surface area (Å²) in [4.78, 5) is 0. The molecule has 0 rings (SSSR count). The maximum Gasteiger partial charge on any atom is 0.0659 e. The first-order valence-electron chi connectivity index (χ1n) is 9.37. The first kappa shape index (κ1) is 21.0. The van der Waals surface area contributed by atoms with Crippen molar-refractivity contribution in [3.8, 4) is 0 Å². The van der Waals surface area contributed by atoms with Gasteiger partial charge in [0, 0.05) is 0 Å². The molecular weight excluding hydrogens is 256 g/mol. The largest absolute Gasteiger partial charge is 0.369 e. The van der Waals surface area contributed by atoms with E-state index in [2.05, 4.69) is 55.4 Å². The SMILES string of the molecule is CCCCCC(C)C(C)(C)OC(C)(C)C(C)CCCCC. The van der Waals surface area contributed by atoms with Crippen LogP contribution in [0.3, 0.4) is 0 Å². The van der Waals surface area contributed by atoms with Gasteiger partial charge in [-0.2, -0.15) is 0 Å². The molecule has 2 unspecified atom stereocenters. The second-order valence-corrected chi connectivity index (χ2v) is 8.10. The van der Waals surface area contributed by atoms with E-state index < -0.39 is 0 Å². The van der Waals surface area contributed by atoms with Crippen LogP contribution in [0.25, 0.3) is 0 Å². The van der Waals surface area contributed by atoms with E-state index in [0.29, 0.717) is 11.8 Å². The van der Waals surface area contributed by atoms with Crippen LogP contribution in [0.1, 0.15) is 107 Å². The van der Waals surface area contributed by atoms with E-state index in [1.165, 1.54) is 51.4 Å². The molecule has 128 valence electrons. The van der Waals surface area contributed by atoms with Gasteiger partial charge in [-0.25, -0.2) is 0 Å². The molecule has 0 spiro atoms. The predicted octanol–water partition coefficient (Wildman–Crippen LogP) is 6.99. The van der Waals surface area contributed by atoms with Gasteiger partial charge >= 0.3 is 0 Å². The first-order chi connectivity index (χ1) is 9.67. The Hall–Kier alpha value is -0.0400. The zero-order valence-corrected chi connectivity index (χ0v) is 16.2. The number of rotatable bonds is 12. The van der Waals surface area contributed by atoms with Crippen molar-refractivity contribution in [2.24, 2.45) is 11.8 Å². The van der Waals surface area contributed by atoms with Crippen molar-refractivity contribution in [2.45, 2.75) is 118 Å². The molecule has 1 heteroatoms. The lowest BCUT2D eigenvalue weighted by Crippen LogP contribution is -2.45. The van der Waals surface area contributed by atoms with Gasteiger partial charge in [-0.1, -0.05) is 66.2 Å². The molecule has 0 N–H and O–H groups in total. The Morgan fingerprint density at radius 1 is 0.667 bits per heavy atom. The summed E-state index contributed by atoms with van der Waals surface area (Å²) >= 11 is 0. The molecule has 0 aromatic heterocycles. The molecule has 0 amide bonds. The minimum Gasteiger partial charge on any atom is -0.369 e. The van der Waals surface area contributed by atoms with Crippen molar-refractivity contribution in [2.75, 3.05) is 0 Å². The molecule has 21 heavy (non-hydrogen) atoms. The van der Waals surface area contributed by atoms with Crippen LogP contribution in [0.4, 0.5) is 0 Å². The Morgan fingerprint density at radius 3 is 1.29 bits per heavy atom. The summed E-state index contributed by atoms with van der Waals surface area (Å²) in [6.45, 7) is 18.4. The highest BCUT2D eigenvalue weighted by molar-refractivity contribution is 4.84. The Labute approximate surface area is 135 Å². The zero-order chi connectivity index (χ0) is 16.5. The van der Waals surface area contributed by atoms with Gasteiger partial charge in [0.1, 0.15) is 0 Å². The third-order valence-corrected chi connectivity index (χ3v) is 5.38. The van der Waals surface area contributed by atoms with Crippen molar-refractivity contribution >= 4 is 0 Å². The van der Waals surface area contributed by atoms with Crippen LogP contribution in [0.5, 0.6) is 0 Å². The quantitative estimate of drug-likeness (QED) is 0.353. The number of ether oxygens (including phenoxy) is 1. The zero-order valence-electron chi connectivity index (χ0n) is 16.2. The summed E-state index contributed by atoms with van der Waals surface area (Å²) in [5.41, 5.74) is -0.0630. The summed E-state index contributed by atoms with van der Waals surface area (Å²) in [6.07, 6.45) is 10.5. The van der Waals surface area contributed by atoms with Crippen LogP contribution < -0.4 is 0 Å². The molecule has 0 bridgehead atoms. The number of hydrogen-bond donors (Lipinski definition) is 0. The molecule has 0 aliphatic heterocycles. The lowest BCUT2D eigenvalue weighted by atomic mass is 9.83. The molecular formula is C20H42O. The fourth-order valence-corrected chi connectivity index (χ4v) is 2.98. The summed E-state index contributed by atoms with van der Waals surface area (Å²) in [6, 6.07) is 0. The fourth-order valence-electron chi connectivity index (χ4n) is 2.98. The highest BCUT2D eigenvalue weighted by atomic mass is 16.5. The molecule has 0 aliphatic carbocycles. The normalized spacial score (nSPS) is 16.0. The molecule has 2 atom stereocenters. The monoisotopic (exact) mass is 298 g/mol. The average molecular weight is 299 g/mol. The van der Waals surface area contributed by atoms with Crippen LogP contribution in [0.15, 0.2) is 0 Å². The summed E-state index contributed by atoms with van der Waals surface area (Å²) in [7, 11) is 0. The summed E-state index contributed by atoms with van der Waals surface area (Å²) in [5, 5.41) is 0. The standard InChI is InChI=1S/C20H42O/c1-9-11-13-15-17(3)19(5,6)21-20(7,8)18(4)16-14-12-10-2/h17-18H,9-16H2,1-8H3. The highest BCUT2D eigenvalue weighted by Gasteiger charge is 2.36. The van der Waals surface area contributed by atoms with E-state index in [1.54, 1.807) is 0 Å². The maximum atomic E-state index is 6.61. The van der Waals surface area contributed by atoms with E-state index in [1.807, 2.05) is 0 Å². The highest BCUT2D eigenvalue weighted by Crippen LogP contribution is 2.35. The van der Waals surface area contributed by atoms with Gasteiger partial charge in [-0.3, -0.25) is 0 Å². The van der Waals surface area contributed by atoms with Gasteiger partial charge < -0.3 is 4.74 Å². The van der Waals surface area contributed by atoms with E-state index in [9.17, 15) is 0 Å². The summed E-state index contributed by atoms with van der Waals surface area (Å²) < 4.78 is 6.61. The van der Waals surface area contributed by atoms with Crippen LogP contribution in [-0.4, -0.2) is 11.2 Å². The second-order valence-electron chi connectivity index (χ2n) is 8.10. The fraction of sp³-hybridized carbons (Fsp3) is 1.00. The number of hydrogen-bond acceptors (Lipinski definition) is 1. The Balaban J connectivity index is 4.43. The smallest absolute Gasteiger partial charge is 0.0659 e.